The number of carbonyl (C=O) groups excluding carboxylic acids is 1. The van der Waals surface area contributed by atoms with Crippen molar-refractivity contribution in [2.24, 2.45) is 0 Å². The molecule has 0 spiro atoms. The van der Waals surface area contributed by atoms with Crippen molar-refractivity contribution in [3.63, 3.8) is 0 Å². The molecule has 22 heavy (non-hydrogen) atoms. The lowest BCUT2D eigenvalue weighted by Gasteiger charge is -2.09. The molecule has 3 aromatic rings. The van der Waals surface area contributed by atoms with Crippen molar-refractivity contribution in [2.75, 3.05) is 5.32 Å². The van der Waals surface area contributed by atoms with Crippen molar-refractivity contribution >= 4 is 17.5 Å². The molecule has 0 saturated heterocycles. The van der Waals surface area contributed by atoms with Crippen molar-refractivity contribution < 1.29 is 9.21 Å². The van der Waals surface area contributed by atoms with Crippen molar-refractivity contribution in [1.29, 1.82) is 5.26 Å². The van der Waals surface area contributed by atoms with Gasteiger partial charge in [0.15, 0.2) is 11.7 Å². The Hall–Kier alpha value is -3.28. The van der Waals surface area contributed by atoms with E-state index in [1.165, 1.54) is 10.8 Å². The van der Waals surface area contributed by atoms with Gasteiger partial charge in [-0.05, 0) is 13.8 Å². The number of aryl methyl sites for hydroxylation is 3. The molecular weight excluding hydrogens is 286 g/mol. The van der Waals surface area contributed by atoms with Gasteiger partial charge in [0.1, 0.15) is 18.0 Å². The Balaban J connectivity index is 2.10. The largest absolute Gasteiger partial charge is 0.436 e. The zero-order chi connectivity index (χ0) is 15.9. The minimum atomic E-state index is -0.517. The molecule has 0 fully saturated rings. The molecule has 0 saturated carbocycles. The number of amides is 1. The van der Waals surface area contributed by atoms with Crippen LogP contribution in [0.25, 0.3) is 5.78 Å². The van der Waals surface area contributed by atoms with Crippen LogP contribution in [-0.4, -0.2) is 30.5 Å². The maximum atomic E-state index is 12.4. The highest BCUT2D eigenvalue weighted by Crippen LogP contribution is 2.20. The van der Waals surface area contributed by atoms with Crippen LogP contribution in [0.15, 0.2) is 10.7 Å². The highest BCUT2D eigenvalue weighted by Gasteiger charge is 2.21. The van der Waals surface area contributed by atoms with Crippen LogP contribution in [0.2, 0.25) is 0 Å². The normalized spacial score (nSPS) is 10.6. The number of oxazole rings is 1. The number of fused-ring (bicyclic) bond motifs is 1. The SMILES string of the molecule is Cc1nc(C)c(C(=O)Nc2c(C#N)c(C)nc3ncnn23)o1. The molecule has 110 valence electrons. The van der Waals surface area contributed by atoms with Gasteiger partial charge in [0, 0.05) is 6.92 Å². The van der Waals surface area contributed by atoms with E-state index in [0.29, 0.717) is 17.3 Å². The Bertz CT molecular complexity index is 932. The number of nitrogens with zero attached hydrogens (tertiary/aromatic N) is 6. The fourth-order valence-corrected chi connectivity index (χ4v) is 2.11. The summed E-state index contributed by atoms with van der Waals surface area (Å²) in [5, 5.41) is 15.9. The van der Waals surface area contributed by atoms with Crippen LogP contribution >= 0.6 is 0 Å². The van der Waals surface area contributed by atoms with Crippen molar-refractivity contribution in [3.05, 3.63) is 34.9 Å². The number of rotatable bonds is 2. The van der Waals surface area contributed by atoms with Gasteiger partial charge in [-0.25, -0.2) is 9.97 Å². The van der Waals surface area contributed by atoms with Crippen molar-refractivity contribution in [3.8, 4) is 6.07 Å². The Kier molecular flexibility index (Phi) is 3.06. The molecule has 0 aliphatic rings. The molecule has 0 aliphatic carbocycles. The number of nitrogens with one attached hydrogen (secondary N) is 1. The fourth-order valence-electron chi connectivity index (χ4n) is 2.11. The summed E-state index contributed by atoms with van der Waals surface area (Å²) in [7, 11) is 0. The highest BCUT2D eigenvalue weighted by atomic mass is 16.4. The molecule has 0 atom stereocenters. The van der Waals surface area contributed by atoms with E-state index in [4.69, 9.17) is 4.42 Å². The second-order valence-corrected chi connectivity index (χ2v) is 4.61. The van der Waals surface area contributed by atoms with E-state index in [-0.39, 0.29) is 22.9 Å². The topological polar surface area (TPSA) is 122 Å². The molecule has 3 aromatic heterocycles. The first-order valence-electron chi connectivity index (χ1n) is 6.37. The van der Waals surface area contributed by atoms with Crippen LogP contribution in [-0.2, 0) is 0 Å². The molecule has 0 unspecified atom stereocenters. The Morgan fingerprint density at radius 2 is 2.09 bits per heavy atom. The molecule has 9 nitrogen and oxygen atoms in total. The number of anilines is 1. The zero-order valence-corrected chi connectivity index (χ0v) is 12.1. The summed E-state index contributed by atoms with van der Waals surface area (Å²) in [4.78, 5) is 24.5. The predicted octanol–water partition coefficient (Wildman–Crippen LogP) is 1.16. The van der Waals surface area contributed by atoms with Crippen LogP contribution < -0.4 is 5.32 Å². The maximum Gasteiger partial charge on any atom is 0.294 e. The molecule has 0 aromatic carbocycles. The fraction of sp³-hybridized carbons (Fsp3) is 0.231. The standard InChI is InChI=1S/C13H11N7O2/c1-6-9(4-14)11(20-13(18-6)15-5-16-20)19-12(21)10-7(2)17-8(3)22-10/h5H,1-3H3,(H,19,21). The molecule has 3 rings (SSSR count). The summed E-state index contributed by atoms with van der Waals surface area (Å²) in [6.07, 6.45) is 1.29. The highest BCUT2D eigenvalue weighted by molar-refractivity contribution is 6.03. The third-order valence-corrected chi connectivity index (χ3v) is 3.06. The number of hydrogen-bond acceptors (Lipinski definition) is 7. The van der Waals surface area contributed by atoms with Crippen LogP contribution in [0.5, 0.6) is 0 Å². The lowest BCUT2D eigenvalue weighted by Crippen LogP contribution is -2.17. The van der Waals surface area contributed by atoms with Gasteiger partial charge in [-0.3, -0.25) is 4.79 Å². The van der Waals surface area contributed by atoms with Gasteiger partial charge in [-0.2, -0.15) is 19.9 Å². The van der Waals surface area contributed by atoms with E-state index in [9.17, 15) is 10.1 Å². The second kappa shape index (κ2) is 4.92. The quantitative estimate of drug-likeness (QED) is 0.753. The monoisotopic (exact) mass is 297 g/mol. The van der Waals surface area contributed by atoms with Gasteiger partial charge in [-0.1, -0.05) is 0 Å². The summed E-state index contributed by atoms with van der Waals surface area (Å²) in [5.41, 5.74) is 1.12. The second-order valence-electron chi connectivity index (χ2n) is 4.61. The Morgan fingerprint density at radius 1 is 1.32 bits per heavy atom. The lowest BCUT2D eigenvalue weighted by atomic mass is 10.2. The van der Waals surface area contributed by atoms with Gasteiger partial charge in [-0.15, -0.1) is 0 Å². The van der Waals surface area contributed by atoms with Gasteiger partial charge in [0.2, 0.25) is 5.76 Å². The van der Waals surface area contributed by atoms with E-state index in [0.717, 1.165) is 0 Å². The first-order chi connectivity index (χ1) is 10.5. The van der Waals surface area contributed by atoms with Gasteiger partial charge < -0.3 is 9.73 Å². The summed E-state index contributed by atoms with van der Waals surface area (Å²) in [5.74, 6) is 0.444. The smallest absolute Gasteiger partial charge is 0.294 e. The van der Waals surface area contributed by atoms with E-state index < -0.39 is 5.91 Å². The molecule has 0 aliphatic heterocycles. The number of hydrogen-bond donors (Lipinski definition) is 1. The maximum absolute atomic E-state index is 12.4. The van der Waals surface area contributed by atoms with Gasteiger partial charge in [0.05, 0.1) is 11.4 Å². The van der Waals surface area contributed by atoms with Crippen LogP contribution in [0.4, 0.5) is 5.82 Å². The number of carbonyl (C=O) groups is 1. The van der Waals surface area contributed by atoms with E-state index >= 15 is 0 Å². The zero-order valence-electron chi connectivity index (χ0n) is 12.1. The Morgan fingerprint density at radius 3 is 2.73 bits per heavy atom. The molecule has 0 bridgehead atoms. The van der Waals surface area contributed by atoms with Gasteiger partial charge >= 0.3 is 0 Å². The molecule has 9 heteroatoms. The summed E-state index contributed by atoms with van der Waals surface area (Å²) in [6.45, 7) is 4.98. The molecular formula is C13H11N7O2. The van der Waals surface area contributed by atoms with Gasteiger partial charge in [0.25, 0.3) is 11.7 Å². The number of nitriles is 1. The minimum Gasteiger partial charge on any atom is -0.436 e. The molecule has 1 N–H and O–H groups in total. The average Bonchev–Trinajstić information content (AvgIpc) is 3.04. The third-order valence-electron chi connectivity index (χ3n) is 3.06. The van der Waals surface area contributed by atoms with E-state index in [1.807, 2.05) is 6.07 Å². The Labute approximate surface area is 124 Å². The molecule has 1 amide bonds. The summed E-state index contributed by atoms with van der Waals surface area (Å²) >= 11 is 0. The summed E-state index contributed by atoms with van der Waals surface area (Å²) < 4.78 is 6.57. The van der Waals surface area contributed by atoms with E-state index in [2.05, 4.69) is 25.4 Å². The molecule has 0 radical (unpaired) electrons. The number of aromatic nitrogens is 5. The summed E-state index contributed by atoms with van der Waals surface area (Å²) in [6, 6.07) is 2.01. The minimum absolute atomic E-state index is 0.0871. The van der Waals surface area contributed by atoms with E-state index in [1.54, 1.807) is 20.8 Å². The van der Waals surface area contributed by atoms with Crippen LogP contribution in [0.1, 0.15) is 33.4 Å². The van der Waals surface area contributed by atoms with Crippen LogP contribution in [0, 0.1) is 32.1 Å². The first-order valence-corrected chi connectivity index (χ1v) is 6.37. The van der Waals surface area contributed by atoms with Crippen LogP contribution in [0.3, 0.4) is 0 Å². The van der Waals surface area contributed by atoms with Crippen molar-refractivity contribution in [2.45, 2.75) is 20.8 Å². The lowest BCUT2D eigenvalue weighted by molar-refractivity contribution is 0.0994. The first kappa shape index (κ1) is 13.7. The van der Waals surface area contributed by atoms with Crippen molar-refractivity contribution in [1.82, 2.24) is 24.6 Å². The third kappa shape index (κ3) is 2.07. The predicted molar refractivity (Wildman–Crippen MR) is 74.2 cm³/mol. The average molecular weight is 297 g/mol. The molecule has 3 heterocycles.